The lowest BCUT2D eigenvalue weighted by molar-refractivity contribution is -0.133. The Labute approximate surface area is 175 Å². The number of likely N-dealkylation sites (N-methyl/N-ethyl adjacent to an activating group) is 1. The van der Waals surface area contributed by atoms with Crippen molar-refractivity contribution < 1.29 is 4.79 Å². The molecule has 0 N–H and O–H groups in total. The van der Waals surface area contributed by atoms with E-state index < -0.39 is 0 Å². The smallest absolute Gasteiger partial charge is 0.222 e. The van der Waals surface area contributed by atoms with Gasteiger partial charge >= 0.3 is 0 Å². The highest BCUT2D eigenvalue weighted by atomic mass is 35.5. The topological polar surface area (TPSA) is 26.8 Å². The van der Waals surface area contributed by atoms with Crippen LogP contribution in [0.4, 0.5) is 0 Å². The molecular formula is C23H36ClN3O. The molecule has 2 saturated heterocycles. The van der Waals surface area contributed by atoms with E-state index in [1.165, 1.54) is 18.4 Å². The number of likely N-dealkylation sites (tertiary alicyclic amines) is 1. The van der Waals surface area contributed by atoms with Crippen LogP contribution in [0.5, 0.6) is 0 Å². The summed E-state index contributed by atoms with van der Waals surface area (Å²) in [5.74, 6) is 1.08. The predicted octanol–water partition coefficient (Wildman–Crippen LogP) is 3.93. The highest BCUT2D eigenvalue weighted by Gasteiger charge is 2.25. The lowest BCUT2D eigenvalue weighted by atomic mass is 9.90. The Bertz CT molecular complexity index is 605. The molecule has 1 amide bonds. The molecule has 2 fully saturated rings. The van der Waals surface area contributed by atoms with Crippen molar-refractivity contribution in [2.24, 2.45) is 5.92 Å². The molecular weight excluding hydrogens is 370 g/mol. The van der Waals surface area contributed by atoms with Crippen molar-refractivity contribution in [3.8, 4) is 0 Å². The zero-order chi connectivity index (χ0) is 19.9. The molecule has 2 aliphatic heterocycles. The lowest BCUT2D eigenvalue weighted by Crippen LogP contribution is -2.48. The van der Waals surface area contributed by atoms with Crippen LogP contribution in [0.3, 0.4) is 0 Å². The summed E-state index contributed by atoms with van der Waals surface area (Å²) in [5, 5.41) is 0.805. The van der Waals surface area contributed by atoms with Crippen molar-refractivity contribution in [3.05, 3.63) is 34.9 Å². The number of carbonyl (C=O) groups is 1. The van der Waals surface area contributed by atoms with Crippen molar-refractivity contribution in [2.45, 2.75) is 52.0 Å². The average Bonchev–Trinajstić information content (AvgIpc) is 2.74. The number of piperazine rings is 1. The maximum atomic E-state index is 12.5. The van der Waals surface area contributed by atoms with Crippen molar-refractivity contribution in [1.29, 1.82) is 0 Å². The van der Waals surface area contributed by atoms with E-state index >= 15 is 0 Å². The number of nitrogens with zero attached hydrogens (tertiary/aromatic N) is 3. The monoisotopic (exact) mass is 405 g/mol. The molecule has 2 heterocycles. The predicted molar refractivity (Wildman–Crippen MR) is 117 cm³/mol. The molecule has 4 nitrogen and oxygen atoms in total. The van der Waals surface area contributed by atoms with Gasteiger partial charge in [0.25, 0.3) is 0 Å². The Morgan fingerprint density at radius 3 is 2.32 bits per heavy atom. The molecule has 1 aromatic rings. The minimum atomic E-state index is 0.370. The zero-order valence-electron chi connectivity index (χ0n) is 17.6. The van der Waals surface area contributed by atoms with E-state index in [1.807, 2.05) is 12.1 Å². The second-order valence-electron chi connectivity index (χ2n) is 8.51. The van der Waals surface area contributed by atoms with E-state index in [-0.39, 0.29) is 0 Å². The average molecular weight is 406 g/mol. The third-order valence-electron chi connectivity index (χ3n) is 6.66. The first-order valence-electron chi connectivity index (χ1n) is 11.0. The minimum absolute atomic E-state index is 0.370. The first kappa shape index (κ1) is 21.6. The summed E-state index contributed by atoms with van der Waals surface area (Å²) >= 11 is 5.99. The maximum Gasteiger partial charge on any atom is 0.222 e. The van der Waals surface area contributed by atoms with Crippen LogP contribution in [0.15, 0.2) is 24.3 Å². The van der Waals surface area contributed by atoms with Gasteiger partial charge in [-0.1, -0.05) is 30.7 Å². The zero-order valence-corrected chi connectivity index (χ0v) is 18.3. The number of piperidine rings is 1. The van der Waals surface area contributed by atoms with Gasteiger partial charge in [-0.2, -0.15) is 0 Å². The first-order valence-corrected chi connectivity index (χ1v) is 11.4. The first-order chi connectivity index (χ1) is 13.5. The van der Waals surface area contributed by atoms with Gasteiger partial charge in [-0.25, -0.2) is 0 Å². The molecule has 3 rings (SSSR count). The third kappa shape index (κ3) is 6.20. The van der Waals surface area contributed by atoms with Gasteiger partial charge in [0.15, 0.2) is 0 Å². The molecule has 1 atom stereocenters. The van der Waals surface area contributed by atoms with Crippen LogP contribution in [0.1, 0.15) is 45.1 Å². The molecule has 1 aromatic carbocycles. The lowest BCUT2D eigenvalue weighted by Gasteiger charge is -2.37. The van der Waals surface area contributed by atoms with Crippen LogP contribution in [-0.4, -0.2) is 72.5 Å². The molecule has 0 aromatic heterocycles. The molecule has 0 radical (unpaired) electrons. The number of benzene rings is 1. The van der Waals surface area contributed by atoms with Crippen LogP contribution >= 0.6 is 11.6 Å². The second-order valence-corrected chi connectivity index (χ2v) is 8.95. The van der Waals surface area contributed by atoms with E-state index in [2.05, 4.69) is 40.7 Å². The Morgan fingerprint density at radius 2 is 1.71 bits per heavy atom. The van der Waals surface area contributed by atoms with Crippen molar-refractivity contribution in [2.75, 3.05) is 45.8 Å². The van der Waals surface area contributed by atoms with E-state index in [4.69, 9.17) is 11.6 Å². The summed E-state index contributed by atoms with van der Waals surface area (Å²) in [7, 11) is 0. The summed E-state index contributed by atoms with van der Waals surface area (Å²) in [5.41, 5.74) is 1.35. The maximum absolute atomic E-state index is 12.5. The molecule has 0 spiro atoms. The third-order valence-corrected chi connectivity index (χ3v) is 6.91. The molecule has 2 aliphatic rings. The van der Waals surface area contributed by atoms with Crippen molar-refractivity contribution in [1.82, 2.24) is 14.7 Å². The van der Waals surface area contributed by atoms with Gasteiger partial charge in [0, 0.05) is 43.7 Å². The van der Waals surface area contributed by atoms with Crippen molar-refractivity contribution in [3.63, 3.8) is 0 Å². The number of halogens is 1. The van der Waals surface area contributed by atoms with E-state index in [0.29, 0.717) is 17.9 Å². The molecule has 28 heavy (non-hydrogen) atoms. The van der Waals surface area contributed by atoms with Crippen LogP contribution in [0, 0.1) is 5.92 Å². The van der Waals surface area contributed by atoms with Crippen LogP contribution in [-0.2, 0) is 11.2 Å². The molecule has 0 bridgehead atoms. The van der Waals surface area contributed by atoms with Gasteiger partial charge in [0.1, 0.15) is 0 Å². The second kappa shape index (κ2) is 10.6. The summed E-state index contributed by atoms with van der Waals surface area (Å²) in [4.78, 5) is 19.6. The Kier molecular flexibility index (Phi) is 8.19. The Hall–Kier alpha value is -1.10. The van der Waals surface area contributed by atoms with Gasteiger partial charge in [-0.15, -0.1) is 0 Å². The molecule has 1 unspecified atom stereocenters. The highest BCUT2D eigenvalue weighted by Crippen LogP contribution is 2.25. The molecule has 0 aliphatic carbocycles. The van der Waals surface area contributed by atoms with Gasteiger partial charge in [-0.05, 0) is 75.9 Å². The number of carbonyl (C=O) groups excluding carboxylic acids is 1. The summed E-state index contributed by atoms with van der Waals surface area (Å²) in [6.07, 6.45) is 5.32. The standard InChI is InChI=1S/C23H36ClN3O/c1-3-25-14-16-27(17-15-25)23(28)9-6-20-10-12-26(13-11-20)19(2)18-21-4-7-22(24)8-5-21/h4-5,7-8,19-20H,3,6,9-18H2,1-2H3. The quantitative estimate of drug-likeness (QED) is 0.687. The van der Waals surface area contributed by atoms with E-state index in [9.17, 15) is 4.79 Å². The fraction of sp³-hybridized carbons (Fsp3) is 0.696. The van der Waals surface area contributed by atoms with Crippen LogP contribution in [0.2, 0.25) is 5.02 Å². The largest absolute Gasteiger partial charge is 0.340 e. The summed E-state index contributed by atoms with van der Waals surface area (Å²) < 4.78 is 0. The fourth-order valence-corrected chi connectivity index (χ4v) is 4.70. The van der Waals surface area contributed by atoms with Gasteiger partial charge < -0.3 is 14.7 Å². The summed E-state index contributed by atoms with van der Waals surface area (Å²) in [6, 6.07) is 8.79. The molecule has 156 valence electrons. The number of amides is 1. The van der Waals surface area contributed by atoms with Crippen LogP contribution < -0.4 is 0 Å². The number of rotatable bonds is 7. The van der Waals surface area contributed by atoms with Gasteiger partial charge in [0.2, 0.25) is 5.91 Å². The molecule has 5 heteroatoms. The summed E-state index contributed by atoms with van der Waals surface area (Å²) in [6.45, 7) is 11.8. The highest BCUT2D eigenvalue weighted by molar-refractivity contribution is 6.30. The van der Waals surface area contributed by atoms with E-state index in [0.717, 1.165) is 70.1 Å². The van der Waals surface area contributed by atoms with Gasteiger partial charge in [-0.3, -0.25) is 4.79 Å². The fourth-order valence-electron chi connectivity index (χ4n) is 4.57. The number of hydrogen-bond acceptors (Lipinski definition) is 3. The number of hydrogen-bond donors (Lipinski definition) is 0. The van der Waals surface area contributed by atoms with E-state index in [1.54, 1.807) is 0 Å². The normalized spacial score (nSPS) is 21.0. The molecule has 0 saturated carbocycles. The Balaban J connectivity index is 1.34. The van der Waals surface area contributed by atoms with Crippen LogP contribution in [0.25, 0.3) is 0 Å². The Morgan fingerprint density at radius 1 is 1.07 bits per heavy atom. The van der Waals surface area contributed by atoms with Gasteiger partial charge in [0.05, 0.1) is 0 Å². The SMILES string of the molecule is CCN1CCN(C(=O)CCC2CCN(C(C)Cc3ccc(Cl)cc3)CC2)CC1. The minimum Gasteiger partial charge on any atom is -0.340 e. The van der Waals surface area contributed by atoms with Crippen molar-refractivity contribution >= 4 is 17.5 Å².